The molecule has 0 radical (unpaired) electrons. The molecular formula is C48H55ClN4Na2O15S3. The van der Waals surface area contributed by atoms with Gasteiger partial charge in [-0.3, -0.25) is 9.59 Å². The molecule has 0 bridgehead atoms. The van der Waals surface area contributed by atoms with Crippen LogP contribution in [0, 0.1) is 6.92 Å². The summed E-state index contributed by atoms with van der Waals surface area (Å²) in [4.78, 5) is 23.6. The van der Waals surface area contributed by atoms with Crippen LogP contribution in [0.25, 0.3) is 10.8 Å². The van der Waals surface area contributed by atoms with Crippen molar-refractivity contribution in [1.82, 2.24) is 0 Å². The van der Waals surface area contributed by atoms with E-state index in [-0.39, 0.29) is 128 Å². The van der Waals surface area contributed by atoms with E-state index in [4.69, 9.17) is 25.3 Å². The van der Waals surface area contributed by atoms with Gasteiger partial charge in [0.05, 0.1) is 44.2 Å². The van der Waals surface area contributed by atoms with Gasteiger partial charge in [-0.2, -0.15) is 13.5 Å². The molecule has 0 fully saturated rings. The van der Waals surface area contributed by atoms with E-state index in [1.54, 1.807) is 6.92 Å². The molecule has 0 aliphatic carbocycles. The van der Waals surface area contributed by atoms with Gasteiger partial charge in [-0.05, 0) is 103 Å². The van der Waals surface area contributed by atoms with Crippen LogP contribution in [-0.4, -0.2) is 74.9 Å². The maximum Gasteiger partial charge on any atom is 1.00 e. The summed E-state index contributed by atoms with van der Waals surface area (Å²) in [5.74, 6) is -2.83. The second-order valence-corrected chi connectivity index (χ2v) is 22.7. The van der Waals surface area contributed by atoms with Gasteiger partial charge in [0.25, 0.3) is 5.91 Å². The molecule has 25 heteroatoms. The van der Waals surface area contributed by atoms with E-state index in [1.165, 1.54) is 31.2 Å². The van der Waals surface area contributed by atoms with Gasteiger partial charge in [0.15, 0.2) is 17.6 Å². The number of phenolic OH excluding ortho intramolecular Hbond substituents is 2. The summed E-state index contributed by atoms with van der Waals surface area (Å²) in [6.45, 7) is 16.9. The fourth-order valence-corrected chi connectivity index (χ4v) is 9.44. The van der Waals surface area contributed by atoms with Crippen molar-refractivity contribution in [3.8, 4) is 28.7 Å². The third kappa shape index (κ3) is 15.8. The average molecular weight is 1110 g/mol. The van der Waals surface area contributed by atoms with E-state index in [0.717, 1.165) is 49.1 Å². The molecule has 384 valence electrons. The number of rotatable bonds is 21. The van der Waals surface area contributed by atoms with E-state index in [2.05, 4.69) is 68.5 Å². The molecule has 1 atom stereocenters. The number of benzene rings is 5. The molecule has 0 aliphatic rings. The van der Waals surface area contributed by atoms with Crippen molar-refractivity contribution in [3.05, 3.63) is 88.4 Å². The van der Waals surface area contributed by atoms with Crippen LogP contribution in [0.3, 0.4) is 0 Å². The van der Waals surface area contributed by atoms with Crippen molar-refractivity contribution in [3.63, 3.8) is 0 Å². The minimum absolute atomic E-state index is 0. The van der Waals surface area contributed by atoms with Crippen molar-refractivity contribution in [2.45, 2.75) is 115 Å². The standard InChI is InChI=1S/C48H57ClN4O15S3.2Na/c1-10-37(67-38-19-14-30(47(6,7)11-2)24-34(38)48(8,9)12-3)46(57)51-36-26-39(27(4)42(49)44(36)55)68-69(58,59)21-13-20-66-32-17-15-31(16-18-32)52-53-43-40(71(63,64)65)23-29-22-33(70(60,61)62)25-35(50-28(5)54)41(29)45(43)56;;/h14-19,22-26,37,55-56H,10-13,20-21H2,1-9H3,(H,50,54)(H,51,57)(H,60,61,62)(H,63,64,65);;/q;2*+1/p-2. The maximum atomic E-state index is 13.7. The molecule has 4 N–H and O–H groups in total. The van der Waals surface area contributed by atoms with E-state index >= 15 is 0 Å². The van der Waals surface area contributed by atoms with Gasteiger partial charge in [0.1, 0.15) is 43.2 Å². The molecule has 5 aromatic carbocycles. The molecule has 73 heavy (non-hydrogen) atoms. The monoisotopic (exact) mass is 1100 g/mol. The molecule has 0 spiro atoms. The van der Waals surface area contributed by atoms with Crippen LogP contribution in [0.4, 0.5) is 22.7 Å². The summed E-state index contributed by atoms with van der Waals surface area (Å²) in [5.41, 5.74) is 0.414. The van der Waals surface area contributed by atoms with Crippen LogP contribution < -0.4 is 83.4 Å². The number of ether oxygens (including phenoxy) is 2. The second kappa shape index (κ2) is 25.2. The number of nitrogens with zero attached hydrogens (tertiary/aromatic N) is 2. The van der Waals surface area contributed by atoms with Crippen LogP contribution in [0.1, 0.15) is 97.8 Å². The number of hydrogen-bond donors (Lipinski definition) is 4. The Labute approximate surface area is 475 Å². The number of fused-ring (bicyclic) bond motifs is 1. The molecule has 2 amide bonds. The smallest absolute Gasteiger partial charge is 0.744 e. The SMILES string of the molecule is CCC(Oc1ccc(C(C)(C)CC)cc1C(C)(C)CC)C(=O)Nc1cc(OS(=O)(=O)CCCOc2ccc(N=Nc3c(S(=O)(=O)[O-])cc4cc(S(=O)(=O)[O-])cc(NC(C)=O)c4c3O)cc2)c(C)c(Cl)c1O.[Na+].[Na+]. The Morgan fingerprint density at radius 3 is 1.97 bits per heavy atom. The number of phenols is 2. The third-order valence-corrected chi connectivity index (χ3v) is 15.4. The first-order valence-corrected chi connectivity index (χ1v) is 26.9. The molecule has 19 nitrogen and oxygen atoms in total. The average Bonchev–Trinajstić information content (AvgIpc) is 3.29. The summed E-state index contributed by atoms with van der Waals surface area (Å²) in [6.07, 6.45) is 0.889. The number of hydrogen-bond acceptors (Lipinski definition) is 17. The zero-order valence-electron chi connectivity index (χ0n) is 42.4. The van der Waals surface area contributed by atoms with Gasteiger partial charge in [0.2, 0.25) is 5.91 Å². The third-order valence-electron chi connectivity index (χ3n) is 12.0. The van der Waals surface area contributed by atoms with Gasteiger partial charge in [-0.25, -0.2) is 16.8 Å². The van der Waals surface area contributed by atoms with E-state index in [1.807, 2.05) is 12.1 Å². The van der Waals surface area contributed by atoms with Gasteiger partial charge >= 0.3 is 69.2 Å². The molecule has 0 aromatic heterocycles. The van der Waals surface area contributed by atoms with Crippen molar-refractivity contribution in [1.29, 1.82) is 0 Å². The normalized spacial score (nSPS) is 12.7. The quantitative estimate of drug-likeness (QED) is 0.0203. The number of carbonyl (C=O) groups is 2. The number of amides is 2. The Hall–Kier alpha value is -4.04. The molecule has 5 rings (SSSR count). The minimum Gasteiger partial charge on any atom is -0.744 e. The van der Waals surface area contributed by atoms with Crippen molar-refractivity contribution < 1.29 is 127 Å². The van der Waals surface area contributed by atoms with Crippen LogP contribution in [0.5, 0.6) is 28.7 Å². The van der Waals surface area contributed by atoms with Gasteiger partial charge < -0.3 is 43.6 Å². The Bertz CT molecular complexity index is 3250. The van der Waals surface area contributed by atoms with E-state index < -0.39 is 92.1 Å². The molecule has 0 saturated heterocycles. The number of halogens is 1. The zero-order valence-corrected chi connectivity index (χ0v) is 49.6. The number of azo groups is 1. The van der Waals surface area contributed by atoms with E-state index in [9.17, 15) is 54.2 Å². The number of carbonyl (C=O) groups excluding carboxylic acids is 2. The molecular weight excluding hydrogens is 1050 g/mol. The summed E-state index contributed by atoms with van der Waals surface area (Å²) in [6, 6.07) is 14.8. The fraction of sp³-hybridized carbons (Fsp3) is 0.375. The predicted molar refractivity (Wildman–Crippen MR) is 265 cm³/mol. The van der Waals surface area contributed by atoms with Crippen LogP contribution in [-0.2, 0) is 50.8 Å². The Kier molecular flexibility index (Phi) is 21.8. The van der Waals surface area contributed by atoms with Crippen molar-refractivity contribution in [2.75, 3.05) is 23.0 Å². The predicted octanol–water partition coefficient (Wildman–Crippen LogP) is 3.75. The van der Waals surface area contributed by atoms with E-state index in [0.29, 0.717) is 11.8 Å². The van der Waals surface area contributed by atoms with Gasteiger partial charge in [0, 0.05) is 29.5 Å². The first kappa shape index (κ1) is 63.3. The minimum atomic E-state index is -5.41. The number of anilines is 2. The Morgan fingerprint density at radius 2 is 1.41 bits per heavy atom. The first-order chi connectivity index (χ1) is 32.9. The van der Waals surface area contributed by atoms with Crippen LogP contribution in [0.2, 0.25) is 5.02 Å². The maximum absolute atomic E-state index is 13.7. The number of nitrogens with one attached hydrogen (secondary N) is 2. The first-order valence-electron chi connectivity index (χ1n) is 22.2. The summed E-state index contributed by atoms with van der Waals surface area (Å²) in [5, 5.41) is 33.6. The molecule has 0 aliphatic heterocycles. The zero-order chi connectivity index (χ0) is 53.0. The van der Waals surface area contributed by atoms with Gasteiger partial charge in [-0.1, -0.05) is 72.2 Å². The molecule has 1 unspecified atom stereocenters. The van der Waals surface area contributed by atoms with Crippen LogP contribution in [0.15, 0.2) is 86.7 Å². The molecule has 5 aromatic rings. The van der Waals surface area contributed by atoms with Gasteiger partial charge in [-0.15, -0.1) is 5.11 Å². The summed E-state index contributed by atoms with van der Waals surface area (Å²) >= 11 is 6.42. The topological polar surface area (TPSA) is 300 Å². The Morgan fingerprint density at radius 1 is 0.781 bits per heavy atom. The largest absolute Gasteiger partial charge is 1.00 e. The number of aromatic hydroxyl groups is 2. The summed E-state index contributed by atoms with van der Waals surface area (Å²) < 4.78 is 116. The van der Waals surface area contributed by atoms with Crippen LogP contribution >= 0.6 is 11.6 Å². The summed E-state index contributed by atoms with van der Waals surface area (Å²) in [7, 11) is -14.9. The fourth-order valence-electron chi connectivity index (χ4n) is 7.06. The van der Waals surface area contributed by atoms with Crippen molar-refractivity contribution >= 4 is 87.3 Å². The molecule has 0 saturated carbocycles. The van der Waals surface area contributed by atoms with Crippen molar-refractivity contribution in [2.24, 2.45) is 10.2 Å². The molecule has 0 heterocycles. The Balaban J connectivity index is 0.00000703. The second-order valence-electron chi connectivity index (χ2n) is 17.9.